The zero-order valence-corrected chi connectivity index (χ0v) is 13.3. The first-order chi connectivity index (χ1) is 11.1. The first-order valence-electron chi connectivity index (χ1n) is 6.87. The molecule has 3 N–H and O–H groups in total. The minimum atomic E-state index is -0.389. The molecule has 6 heteroatoms. The number of hydrogen-bond donors (Lipinski definition) is 2. The summed E-state index contributed by atoms with van der Waals surface area (Å²) in [6, 6.07) is 12.8. The molecule has 120 valence electrons. The predicted molar refractivity (Wildman–Crippen MR) is 90.1 cm³/mol. The van der Waals surface area contributed by atoms with E-state index in [1.165, 1.54) is 6.08 Å². The van der Waals surface area contributed by atoms with Gasteiger partial charge in [-0.25, -0.2) is 5.84 Å². The Morgan fingerprint density at radius 3 is 2.74 bits per heavy atom. The van der Waals surface area contributed by atoms with Crippen LogP contribution in [0.1, 0.15) is 11.1 Å². The molecule has 0 saturated heterocycles. The van der Waals surface area contributed by atoms with Crippen LogP contribution in [0, 0.1) is 0 Å². The predicted octanol–water partition coefficient (Wildman–Crippen LogP) is 2.93. The molecule has 0 spiro atoms. The Bertz CT molecular complexity index is 717. The highest BCUT2D eigenvalue weighted by Crippen LogP contribution is 2.30. The van der Waals surface area contributed by atoms with E-state index in [4.69, 9.17) is 26.9 Å². The van der Waals surface area contributed by atoms with Crippen LogP contribution in [0.4, 0.5) is 0 Å². The van der Waals surface area contributed by atoms with Crippen LogP contribution >= 0.6 is 11.6 Å². The lowest BCUT2D eigenvalue weighted by Crippen LogP contribution is -2.27. The van der Waals surface area contributed by atoms with Gasteiger partial charge in [0.2, 0.25) is 0 Å². The van der Waals surface area contributed by atoms with Gasteiger partial charge < -0.3 is 9.47 Å². The molecule has 0 fully saturated rings. The van der Waals surface area contributed by atoms with E-state index in [0.29, 0.717) is 23.1 Å². The SMILES string of the molecule is COc1ccc(/C=C/C(=O)NN)cc1OCc1ccccc1Cl. The van der Waals surface area contributed by atoms with E-state index in [0.717, 1.165) is 11.1 Å². The molecule has 0 aromatic heterocycles. The molecule has 2 aromatic carbocycles. The number of ether oxygens (including phenoxy) is 2. The minimum absolute atomic E-state index is 0.312. The largest absolute Gasteiger partial charge is 0.493 e. The first-order valence-corrected chi connectivity index (χ1v) is 7.24. The Kier molecular flexibility index (Phi) is 6.02. The Balaban J connectivity index is 2.17. The Hall–Kier alpha value is -2.50. The molecule has 0 aliphatic heterocycles. The molecule has 2 rings (SSSR count). The fourth-order valence-corrected chi connectivity index (χ4v) is 2.09. The van der Waals surface area contributed by atoms with Gasteiger partial charge in [-0.2, -0.15) is 0 Å². The molecule has 0 heterocycles. The quantitative estimate of drug-likeness (QED) is 0.369. The van der Waals surface area contributed by atoms with Crippen molar-refractivity contribution >= 4 is 23.6 Å². The summed E-state index contributed by atoms with van der Waals surface area (Å²) < 4.78 is 11.1. The maximum absolute atomic E-state index is 11.1. The highest BCUT2D eigenvalue weighted by Gasteiger charge is 2.07. The molecule has 0 saturated carbocycles. The summed E-state index contributed by atoms with van der Waals surface area (Å²) in [7, 11) is 1.56. The van der Waals surface area contributed by atoms with Crippen molar-refractivity contribution in [2.24, 2.45) is 5.84 Å². The van der Waals surface area contributed by atoms with Crippen LogP contribution in [-0.2, 0) is 11.4 Å². The van der Waals surface area contributed by atoms with Gasteiger partial charge in [0.05, 0.1) is 7.11 Å². The van der Waals surface area contributed by atoms with E-state index in [1.54, 1.807) is 25.3 Å². The van der Waals surface area contributed by atoms with Crippen LogP contribution in [0.3, 0.4) is 0 Å². The highest BCUT2D eigenvalue weighted by atomic mass is 35.5. The summed E-state index contributed by atoms with van der Waals surface area (Å²) in [4.78, 5) is 11.1. The van der Waals surface area contributed by atoms with Crippen molar-refractivity contribution in [1.29, 1.82) is 0 Å². The van der Waals surface area contributed by atoms with Gasteiger partial charge in [0, 0.05) is 16.7 Å². The number of amides is 1. The van der Waals surface area contributed by atoms with Crippen molar-refractivity contribution in [1.82, 2.24) is 5.43 Å². The maximum atomic E-state index is 11.1. The third-order valence-electron chi connectivity index (χ3n) is 3.10. The lowest BCUT2D eigenvalue weighted by atomic mass is 10.2. The molecule has 1 amide bonds. The van der Waals surface area contributed by atoms with Gasteiger partial charge >= 0.3 is 0 Å². The average Bonchev–Trinajstić information content (AvgIpc) is 2.59. The van der Waals surface area contributed by atoms with E-state index in [9.17, 15) is 4.79 Å². The summed E-state index contributed by atoms with van der Waals surface area (Å²) in [6.07, 6.45) is 2.96. The summed E-state index contributed by atoms with van der Waals surface area (Å²) in [5.41, 5.74) is 3.68. The normalized spacial score (nSPS) is 10.6. The summed E-state index contributed by atoms with van der Waals surface area (Å²) >= 11 is 6.12. The van der Waals surface area contributed by atoms with E-state index in [1.807, 2.05) is 35.8 Å². The van der Waals surface area contributed by atoms with Gasteiger partial charge in [-0.05, 0) is 29.8 Å². The Morgan fingerprint density at radius 2 is 2.04 bits per heavy atom. The number of nitrogens with one attached hydrogen (secondary N) is 1. The number of nitrogens with two attached hydrogens (primary N) is 1. The third-order valence-corrected chi connectivity index (χ3v) is 3.47. The van der Waals surface area contributed by atoms with Gasteiger partial charge in [0.15, 0.2) is 11.5 Å². The number of halogens is 1. The lowest BCUT2D eigenvalue weighted by Gasteiger charge is -2.12. The second-order valence-electron chi connectivity index (χ2n) is 4.63. The second-order valence-corrected chi connectivity index (χ2v) is 5.04. The highest BCUT2D eigenvalue weighted by molar-refractivity contribution is 6.31. The molecule has 2 aromatic rings. The fourth-order valence-electron chi connectivity index (χ4n) is 1.90. The molecule has 5 nitrogen and oxygen atoms in total. The van der Waals surface area contributed by atoms with Gasteiger partial charge in [-0.15, -0.1) is 0 Å². The van der Waals surface area contributed by atoms with Crippen molar-refractivity contribution in [3.8, 4) is 11.5 Å². The van der Waals surface area contributed by atoms with Crippen molar-refractivity contribution in [2.45, 2.75) is 6.61 Å². The fraction of sp³-hybridized carbons (Fsp3) is 0.118. The molecule has 23 heavy (non-hydrogen) atoms. The molecule has 0 bridgehead atoms. The number of carbonyl (C=O) groups is 1. The van der Waals surface area contributed by atoms with Crippen molar-refractivity contribution in [3.05, 3.63) is 64.7 Å². The monoisotopic (exact) mass is 332 g/mol. The van der Waals surface area contributed by atoms with Gasteiger partial charge in [-0.3, -0.25) is 10.2 Å². The summed E-state index contributed by atoms with van der Waals surface area (Å²) in [6.45, 7) is 0.312. The van der Waals surface area contributed by atoms with Gasteiger partial charge in [-0.1, -0.05) is 35.9 Å². The van der Waals surface area contributed by atoms with E-state index in [2.05, 4.69) is 0 Å². The Morgan fingerprint density at radius 1 is 1.26 bits per heavy atom. The number of carbonyl (C=O) groups excluding carboxylic acids is 1. The molecule has 0 atom stereocenters. The summed E-state index contributed by atoms with van der Waals surface area (Å²) in [5.74, 6) is 5.79. The van der Waals surface area contributed by atoms with Crippen LogP contribution in [0.5, 0.6) is 11.5 Å². The lowest BCUT2D eigenvalue weighted by molar-refractivity contribution is -0.116. The average molecular weight is 333 g/mol. The standard InChI is InChI=1S/C17H17ClN2O3/c1-22-15-8-6-12(7-9-17(21)20-19)10-16(15)23-11-13-4-2-3-5-14(13)18/h2-10H,11,19H2,1H3,(H,20,21)/b9-7+. The molecular formula is C17H17ClN2O3. The van der Waals surface area contributed by atoms with Gasteiger partial charge in [0.1, 0.15) is 6.61 Å². The second kappa shape index (κ2) is 8.22. The minimum Gasteiger partial charge on any atom is -0.493 e. The zero-order chi connectivity index (χ0) is 16.7. The van der Waals surface area contributed by atoms with Crippen LogP contribution in [0.2, 0.25) is 5.02 Å². The van der Waals surface area contributed by atoms with Crippen LogP contribution < -0.4 is 20.7 Å². The van der Waals surface area contributed by atoms with Crippen molar-refractivity contribution in [2.75, 3.05) is 7.11 Å². The molecule has 0 radical (unpaired) electrons. The summed E-state index contributed by atoms with van der Waals surface area (Å²) in [5, 5.41) is 0.641. The van der Waals surface area contributed by atoms with Crippen LogP contribution in [-0.4, -0.2) is 13.0 Å². The maximum Gasteiger partial charge on any atom is 0.257 e. The topological polar surface area (TPSA) is 73.6 Å². The van der Waals surface area contributed by atoms with Crippen LogP contribution in [0.15, 0.2) is 48.5 Å². The molecule has 0 unspecified atom stereocenters. The number of benzene rings is 2. The Labute approximate surface area is 139 Å². The molecular weight excluding hydrogens is 316 g/mol. The van der Waals surface area contributed by atoms with E-state index in [-0.39, 0.29) is 5.91 Å². The molecule has 0 aliphatic rings. The number of rotatable bonds is 6. The van der Waals surface area contributed by atoms with Crippen LogP contribution in [0.25, 0.3) is 6.08 Å². The first kappa shape index (κ1) is 16.9. The smallest absolute Gasteiger partial charge is 0.257 e. The molecule has 0 aliphatic carbocycles. The van der Waals surface area contributed by atoms with E-state index < -0.39 is 0 Å². The third kappa shape index (κ3) is 4.74. The van der Waals surface area contributed by atoms with Crippen molar-refractivity contribution in [3.63, 3.8) is 0 Å². The number of hydrogen-bond acceptors (Lipinski definition) is 4. The van der Waals surface area contributed by atoms with E-state index >= 15 is 0 Å². The van der Waals surface area contributed by atoms with Crippen molar-refractivity contribution < 1.29 is 14.3 Å². The van der Waals surface area contributed by atoms with Gasteiger partial charge in [0.25, 0.3) is 5.91 Å². The number of methoxy groups -OCH3 is 1. The zero-order valence-electron chi connectivity index (χ0n) is 12.6. The number of hydrazine groups is 1.